The molecule has 0 aliphatic rings. The molecule has 0 saturated carbocycles. The maximum atomic E-state index is 13.5. The van der Waals surface area contributed by atoms with Crippen LogP contribution >= 0.6 is 15.9 Å². The second-order valence-electron chi connectivity index (χ2n) is 3.97. The number of hydrogen-bond donors (Lipinski definition) is 0. The molecule has 0 aliphatic carbocycles. The molecule has 0 bridgehead atoms. The van der Waals surface area contributed by atoms with Gasteiger partial charge in [0.05, 0.1) is 0 Å². The third kappa shape index (κ3) is 3.13. The molecule has 18 heavy (non-hydrogen) atoms. The highest BCUT2D eigenvalue weighted by Gasteiger charge is 2.13. The van der Waals surface area contributed by atoms with Crippen LogP contribution in [0.2, 0.25) is 0 Å². The number of halogens is 4. The minimum Gasteiger partial charge on any atom is -0.207 e. The van der Waals surface area contributed by atoms with Gasteiger partial charge >= 0.3 is 0 Å². The van der Waals surface area contributed by atoms with Crippen LogP contribution in [0.25, 0.3) is 0 Å². The van der Waals surface area contributed by atoms with E-state index in [-0.39, 0.29) is 10.6 Å². The molecule has 4 heteroatoms. The largest absolute Gasteiger partial charge is 0.207 e. The lowest BCUT2D eigenvalue weighted by Crippen LogP contribution is -1.99. The minimum atomic E-state index is -0.636. The fraction of sp³-hybridized carbons (Fsp3) is 0.143. The summed E-state index contributed by atoms with van der Waals surface area (Å²) in [6.07, 6.45) is 0.329. The lowest BCUT2D eigenvalue weighted by Gasteiger charge is -2.11. The lowest BCUT2D eigenvalue weighted by atomic mass is 10.0. The Kier molecular flexibility index (Phi) is 4.07. The molecular weight excluding hydrogens is 305 g/mol. The standard InChI is InChI=1S/C14H10BrF3/c15-13(7-9-3-1-2-4-14(9)18)10-5-11(16)8-12(17)6-10/h1-6,8,13H,7H2. The molecule has 0 aromatic heterocycles. The van der Waals surface area contributed by atoms with E-state index < -0.39 is 11.6 Å². The molecule has 0 N–H and O–H groups in total. The van der Waals surface area contributed by atoms with Crippen molar-refractivity contribution in [3.8, 4) is 0 Å². The fourth-order valence-electron chi connectivity index (χ4n) is 1.73. The van der Waals surface area contributed by atoms with Gasteiger partial charge in [-0.3, -0.25) is 0 Å². The first-order chi connectivity index (χ1) is 8.56. The quantitative estimate of drug-likeness (QED) is 0.715. The maximum absolute atomic E-state index is 13.5. The van der Waals surface area contributed by atoms with Crippen molar-refractivity contribution in [1.82, 2.24) is 0 Å². The number of alkyl halides is 1. The second-order valence-corrected chi connectivity index (χ2v) is 5.07. The maximum Gasteiger partial charge on any atom is 0.126 e. The van der Waals surface area contributed by atoms with E-state index >= 15 is 0 Å². The molecule has 0 radical (unpaired) electrons. The Morgan fingerprint density at radius 1 is 0.944 bits per heavy atom. The highest BCUT2D eigenvalue weighted by atomic mass is 79.9. The Hall–Kier alpha value is -1.29. The Labute approximate surface area is 112 Å². The van der Waals surface area contributed by atoms with Crippen LogP contribution in [0.5, 0.6) is 0 Å². The summed E-state index contributed by atoms with van der Waals surface area (Å²) >= 11 is 3.33. The van der Waals surface area contributed by atoms with Gasteiger partial charge in [0, 0.05) is 10.9 Å². The van der Waals surface area contributed by atoms with Crippen LogP contribution in [0.3, 0.4) is 0 Å². The van der Waals surface area contributed by atoms with Gasteiger partial charge in [-0.05, 0) is 35.7 Å². The van der Waals surface area contributed by atoms with Crippen LogP contribution in [-0.4, -0.2) is 0 Å². The molecule has 0 heterocycles. The van der Waals surface area contributed by atoms with E-state index in [4.69, 9.17) is 0 Å². The average Bonchev–Trinajstić information content (AvgIpc) is 2.31. The molecule has 0 fully saturated rings. The van der Waals surface area contributed by atoms with Gasteiger partial charge in [-0.25, -0.2) is 13.2 Å². The minimum absolute atomic E-state index is 0.321. The summed E-state index contributed by atoms with van der Waals surface area (Å²) in [6.45, 7) is 0. The molecular formula is C14H10BrF3. The Bertz CT molecular complexity index is 534. The van der Waals surface area contributed by atoms with Crippen molar-refractivity contribution in [3.05, 3.63) is 71.0 Å². The van der Waals surface area contributed by atoms with E-state index in [0.717, 1.165) is 6.07 Å². The fourth-order valence-corrected chi connectivity index (χ4v) is 2.34. The van der Waals surface area contributed by atoms with Gasteiger partial charge in [0.2, 0.25) is 0 Å². The van der Waals surface area contributed by atoms with E-state index in [0.29, 0.717) is 17.5 Å². The van der Waals surface area contributed by atoms with Gasteiger partial charge in [-0.15, -0.1) is 0 Å². The summed E-state index contributed by atoms with van der Waals surface area (Å²) in [5, 5.41) is 0. The molecule has 0 spiro atoms. The SMILES string of the molecule is Fc1cc(F)cc(C(Br)Cc2ccccc2F)c1. The zero-order chi connectivity index (χ0) is 13.1. The predicted octanol–water partition coefficient (Wildman–Crippen LogP) is 4.78. The van der Waals surface area contributed by atoms with Crippen LogP contribution in [0.4, 0.5) is 13.2 Å². The van der Waals surface area contributed by atoms with Crippen molar-refractivity contribution in [2.45, 2.75) is 11.2 Å². The lowest BCUT2D eigenvalue weighted by molar-refractivity contribution is 0.578. The van der Waals surface area contributed by atoms with Gasteiger partial charge in [0.15, 0.2) is 0 Å². The summed E-state index contributed by atoms with van der Waals surface area (Å²) in [7, 11) is 0. The van der Waals surface area contributed by atoms with Gasteiger partial charge in [-0.2, -0.15) is 0 Å². The molecule has 0 saturated heterocycles. The van der Waals surface area contributed by atoms with E-state index in [2.05, 4.69) is 15.9 Å². The Balaban J connectivity index is 2.22. The van der Waals surface area contributed by atoms with Crippen LogP contribution in [0.1, 0.15) is 16.0 Å². The summed E-state index contributed by atoms with van der Waals surface area (Å²) < 4.78 is 39.6. The topological polar surface area (TPSA) is 0 Å². The van der Waals surface area contributed by atoms with Crippen LogP contribution in [0.15, 0.2) is 42.5 Å². The van der Waals surface area contributed by atoms with Crippen molar-refractivity contribution < 1.29 is 13.2 Å². The number of hydrogen-bond acceptors (Lipinski definition) is 0. The summed E-state index contributed by atoms with van der Waals surface area (Å²) in [4.78, 5) is -0.334. The zero-order valence-corrected chi connectivity index (χ0v) is 10.9. The van der Waals surface area contributed by atoms with Gasteiger partial charge in [0.25, 0.3) is 0 Å². The average molecular weight is 315 g/mol. The first-order valence-electron chi connectivity index (χ1n) is 5.40. The molecule has 2 aromatic rings. The molecule has 0 amide bonds. The highest BCUT2D eigenvalue weighted by molar-refractivity contribution is 9.09. The molecule has 2 aromatic carbocycles. The molecule has 0 aliphatic heterocycles. The molecule has 1 atom stereocenters. The van der Waals surface area contributed by atoms with E-state index in [1.54, 1.807) is 18.2 Å². The summed E-state index contributed by atoms with van der Waals surface area (Å²) in [5.74, 6) is -1.59. The van der Waals surface area contributed by atoms with E-state index in [1.165, 1.54) is 18.2 Å². The van der Waals surface area contributed by atoms with Crippen molar-refractivity contribution in [3.63, 3.8) is 0 Å². The Morgan fingerprint density at radius 2 is 1.56 bits per heavy atom. The number of benzene rings is 2. The first kappa shape index (κ1) is 13.1. The summed E-state index contributed by atoms with van der Waals surface area (Å²) in [6, 6.07) is 9.63. The summed E-state index contributed by atoms with van der Waals surface area (Å²) in [5.41, 5.74) is 0.958. The van der Waals surface area contributed by atoms with Crippen LogP contribution < -0.4 is 0 Å². The zero-order valence-electron chi connectivity index (χ0n) is 9.34. The van der Waals surface area contributed by atoms with Gasteiger partial charge in [0.1, 0.15) is 17.5 Å². The first-order valence-corrected chi connectivity index (χ1v) is 6.31. The molecule has 94 valence electrons. The molecule has 2 rings (SSSR count). The monoisotopic (exact) mass is 314 g/mol. The van der Waals surface area contributed by atoms with Crippen molar-refractivity contribution >= 4 is 15.9 Å². The smallest absolute Gasteiger partial charge is 0.126 e. The highest BCUT2D eigenvalue weighted by Crippen LogP contribution is 2.29. The van der Waals surface area contributed by atoms with Crippen molar-refractivity contribution in [1.29, 1.82) is 0 Å². The Morgan fingerprint density at radius 3 is 2.17 bits per heavy atom. The second kappa shape index (κ2) is 5.57. The van der Waals surface area contributed by atoms with Crippen molar-refractivity contribution in [2.75, 3.05) is 0 Å². The molecule has 0 nitrogen and oxygen atoms in total. The third-order valence-corrected chi connectivity index (χ3v) is 3.46. The molecule has 1 unspecified atom stereocenters. The van der Waals surface area contributed by atoms with Crippen LogP contribution in [0, 0.1) is 17.5 Å². The van der Waals surface area contributed by atoms with Gasteiger partial charge < -0.3 is 0 Å². The van der Waals surface area contributed by atoms with E-state index in [1.807, 2.05) is 0 Å². The van der Waals surface area contributed by atoms with Crippen molar-refractivity contribution in [2.24, 2.45) is 0 Å². The number of rotatable bonds is 3. The predicted molar refractivity (Wildman–Crippen MR) is 68.1 cm³/mol. The normalized spacial score (nSPS) is 12.4. The van der Waals surface area contributed by atoms with E-state index in [9.17, 15) is 13.2 Å². The van der Waals surface area contributed by atoms with Crippen LogP contribution in [-0.2, 0) is 6.42 Å². The van der Waals surface area contributed by atoms with Gasteiger partial charge in [-0.1, -0.05) is 34.1 Å². The third-order valence-electron chi connectivity index (χ3n) is 2.60.